The molecule has 2 heterocycles. The predicted octanol–water partition coefficient (Wildman–Crippen LogP) is 3.35. The van der Waals surface area contributed by atoms with Gasteiger partial charge in [-0.25, -0.2) is 0 Å². The molecular weight excluding hydrogens is 359 g/mol. The van der Waals surface area contributed by atoms with Crippen molar-refractivity contribution in [1.82, 2.24) is 15.1 Å². The third kappa shape index (κ3) is 6.12. The number of morpholine rings is 1. The van der Waals surface area contributed by atoms with Gasteiger partial charge in [-0.15, -0.1) is 35.0 Å². The SMILES string of the molecule is Cc1cccc(-c2cc(C)c(NCCN3CCOCC3)nn2)c1.Cl.Cl. The van der Waals surface area contributed by atoms with Gasteiger partial charge in [-0.05, 0) is 31.5 Å². The fourth-order valence-corrected chi connectivity index (χ4v) is 2.76. The lowest BCUT2D eigenvalue weighted by atomic mass is 10.1. The molecule has 0 saturated carbocycles. The summed E-state index contributed by atoms with van der Waals surface area (Å²) in [6.45, 7) is 9.74. The maximum absolute atomic E-state index is 5.36. The zero-order valence-electron chi connectivity index (χ0n) is 14.7. The van der Waals surface area contributed by atoms with Crippen molar-refractivity contribution >= 4 is 30.6 Å². The predicted molar refractivity (Wildman–Crippen MR) is 107 cm³/mol. The molecule has 1 N–H and O–H groups in total. The number of anilines is 1. The van der Waals surface area contributed by atoms with Crippen LogP contribution < -0.4 is 5.32 Å². The molecule has 0 amide bonds. The fourth-order valence-electron chi connectivity index (χ4n) is 2.76. The molecule has 1 aromatic heterocycles. The van der Waals surface area contributed by atoms with E-state index in [1.165, 1.54) is 5.56 Å². The molecule has 1 aromatic carbocycles. The summed E-state index contributed by atoms with van der Waals surface area (Å²) in [5.41, 5.74) is 4.39. The maximum atomic E-state index is 5.36. The first-order chi connectivity index (χ1) is 11.2. The largest absolute Gasteiger partial charge is 0.379 e. The number of rotatable bonds is 5. The highest BCUT2D eigenvalue weighted by atomic mass is 35.5. The van der Waals surface area contributed by atoms with Crippen LogP contribution >= 0.6 is 24.8 Å². The van der Waals surface area contributed by atoms with Crippen LogP contribution in [0.25, 0.3) is 11.3 Å². The Morgan fingerprint density at radius 1 is 1.08 bits per heavy atom. The van der Waals surface area contributed by atoms with Crippen molar-refractivity contribution in [2.75, 3.05) is 44.7 Å². The minimum atomic E-state index is 0. The summed E-state index contributed by atoms with van der Waals surface area (Å²) >= 11 is 0. The average Bonchev–Trinajstić information content (AvgIpc) is 2.57. The smallest absolute Gasteiger partial charge is 0.151 e. The van der Waals surface area contributed by atoms with Gasteiger partial charge in [0.25, 0.3) is 0 Å². The van der Waals surface area contributed by atoms with Crippen LogP contribution in [0.4, 0.5) is 5.82 Å². The van der Waals surface area contributed by atoms with Crippen LogP contribution in [-0.2, 0) is 4.74 Å². The molecule has 5 nitrogen and oxygen atoms in total. The van der Waals surface area contributed by atoms with Crippen molar-refractivity contribution in [1.29, 1.82) is 0 Å². The van der Waals surface area contributed by atoms with Crippen molar-refractivity contribution in [3.8, 4) is 11.3 Å². The Morgan fingerprint density at radius 3 is 2.52 bits per heavy atom. The third-order valence-electron chi connectivity index (χ3n) is 4.12. The first kappa shape index (κ1) is 21.6. The number of halogens is 2. The van der Waals surface area contributed by atoms with Crippen LogP contribution in [0, 0.1) is 13.8 Å². The number of nitrogens with one attached hydrogen (secondary N) is 1. The molecule has 3 rings (SSSR count). The van der Waals surface area contributed by atoms with E-state index in [1.54, 1.807) is 0 Å². The average molecular weight is 385 g/mol. The summed E-state index contributed by atoms with van der Waals surface area (Å²) in [5, 5.41) is 12.1. The Morgan fingerprint density at radius 2 is 1.84 bits per heavy atom. The summed E-state index contributed by atoms with van der Waals surface area (Å²) in [6.07, 6.45) is 0. The third-order valence-corrected chi connectivity index (χ3v) is 4.12. The van der Waals surface area contributed by atoms with Gasteiger partial charge in [-0.3, -0.25) is 4.90 Å². The van der Waals surface area contributed by atoms with Gasteiger partial charge in [0, 0.05) is 31.7 Å². The summed E-state index contributed by atoms with van der Waals surface area (Å²) in [4.78, 5) is 2.40. The molecule has 1 aliphatic rings. The highest BCUT2D eigenvalue weighted by molar-refractivity contribution is 5.85. The molecule has 2 aromatic rings. The second-order valence-electron chi connectivity index (χ2n) is 6.01. The minimum Gasteiger partial charge on any atom is -0.379 e. The van der Waals surface area contributed by atoms with E-state index in [-0.39, 0.29) is 24.8 Å². The van der Waals surface area contributed by atoms with Crippen LogP contribution in [0.15, 0.2) is 30.3 Å². The van der Waals surface area contributed by atoms with Gasteiger partial charge in [0.1, 0.15) is 0 Å². The summed E-state index contributed by atoms with van der Waals surface area (Å²) in [6, 6.07) is 10.4. The van der Waals surface area contributed by atoms with Gasteiger partial charge >= 0.3 is 0 Å². The first-order valence-electron chi connectivity index (χ1n) is 8.18. The van der Waals surface area contributed by atoms with E-state index >= 15 is 0 Å². The van der Waals surface area contributed by atoms with E-state index in [2.05, 4.69) is 64.6 Å². The van der Waals surface area contributed by atoms with Crippen molar-refractivity contribution < 1.29 is 4.74 Å². The van der Waals surface area contributed by atoms with Crippen LogP contribution in [0.1, 0.15) is 11.1 Å². The quantitative estimate of drug-likeness (QED) is 0.856. The molecule has 0 spiro atoms. The number of ether oxygens (including phenoxy) is 1. The van der Waals surface area contributed by atoms with Gasteiger partial charge in [0.2, 0.25) is 0 Å². The zero-order chi connectivity index (χ0) is 16.1. The van der Waals surface area contributed by atoms with Gasteiger partial charge in [0.05, 0.1) is 18.9 Å². The van der Waals surface area contributed by atoms with Gasteiger partial charge in [-0.1, -0.05) is 23.8 Å². The second kappa shape index (κ2) is 10.6. The van der Waals surface area contributed by atoms with Crippen LogP contribution in [0.5, 0.6) is 0 Å². The van der Waals surface area contributed by atoms with Gasteiger partial charge in [0.15, 0.2) is 5.82 Å². The Balaban J connectivity index is 0.00000156. The number of benzene rings is 1. The monoisotopic (exact) mass is 384 g/mol. The van der Waals surface area contributed by atoms with Crippen molar-refractivity contribution in [2.45, 2.75) is 13.8 Å². The van der Waals surface area contributed by atoms with Gasteiger partial charge in [-0.2, -0.15) is 0 Å². The zero-order valence-corrected chi connectivity index (χ0v) is 16.3. The Hall–Kier alpha value is -1.40. The molecular formula is C18H26Cl2N4O. The van der Waals surface area contributed by atoms with Gasteiger partial charge < -0.3 is 10.1 Å². The van der Waals surface area contributed by atoms with E-state index in [4.69, 9.17) is 4.74 Å². The first-order valence-corrected chi connectivity index (χ1v) is 8.18. The number of hydrogen-bond acceptors (Lipinski definition) is 5. The molecule has 1 aliphatic heterocycles. The Labute approximate surface area is 162 Å². The summed E-state index contributed by atoms with van der Waals surface area (Å²) in [7, 11) is 0. The fraction of sp³-hybridized carbons (Fsp3) is 0.444. The highest BCUT2D eigenvalue weighted by Crippen LogP contribution is 2.21. The van der Waals surface area contributed by atoms with E-state index in [9.17, 15) is 0 Å². The molecule has 0 radical (unpaired) electrons. The van der Waals surface area contributed by atoms with Crippen LogP contribution in [0.2, 0.25) is 0 Å². The van der Waals surface area contributed by atoms with Crippen molar-refractivity contribution in [3.05, 3.63) is 41.5 Å². The van der Waals surface area contributed by atoms with Crippen LogP contribution in [-0.4, -0.2) is 54.5 Å². The Kier molecular flexibility index (Phi) is 9.14. The lowest BCUT2D eigenvalue weighted by molar-refractivity contribution is 0.0398. The minimum absolute atomic E-state index is 0. The van der Waals surface area contributed by atoms with E-state index in [0.29, 0.717) is 0 Å². The second-order valence-corrected chi connectivity index (χ2v) is 6.01. The van der Waals surface area contributed by atoms with E-state index < -0.39 is 0 Å². The molecule has 0 bridgehead atoms. The molecule has 138 valence electrons. The number of nitrogens with zero attached hydrogens (tertiary/aromatic N) is 3. The summed E-state index contributed by atoms with van der Waals surface area (Å²) in [5.74, 6) is 0.870. The number of aryl methyl sites for hydroxylation is 2. The topological polar surface area (TPSA) is 50.3 Å². The van der Waals surface area contributed by atoms with Crippen molar-refractivity contribution in [2.24, 2.45) is 0 Å². The lowest BCUT2D eigenvalue weighted by Crippen LogP contribution is -2.39. The van der Waals surface area contributed by atoms with E-state index in [1.807, 2.05) is 0 Å². The van der Waals surface area contributed by atoms with Crippen molar-refractivity contribution in [3.63, 3.8) is 0 Å². The molecule has 1 fully saturated rings. The van der Waals surface area contributed by atoms with Crippen LogP contribution in [0.3, 0.4) is 0 Å². The maximum Gasteiger partial charge on any atom is 0.151 e. The normalized spacial score (nSPS) is 14.3. The lowest BCUT2D eigenvalue weighted by Gasteiger charge is -2.26. The number of hydrogen-bond donors (Lipinski definition) is 1. The molecule has 0 aliphatic carbocycles. The van der Waals surface area contributed by atoms with E-state index in [0.717, 1.165) is 62.0 Å². The Bertz CT molecular complexity index is 663. The molecule has 7 heteroatoms. The molecule has 0 unspecified atom stereocenters. The molecule has 1 saturated heterocycles. The molecule has 25 heavy (non-hydrogen) atoms. The summed E-state index contributed by atoms with van der Waals surface area (Å²) < 4.78 is 5.36. The standard InChI is InChI=1S/C18H24N4O.2ClH/c1-14-4-3-5-16(12-14)17-13-15(2)18(21-20-17)19-6-7-22-8-10-23-11-9-22;;/h3-5,12-13H,6-11H2,1-2H3,(H,19,21);2*1H. The highest BCUT2D eigenvalue weighted by Gasteiger charge is 2.10. The molecule has 0 atom stereocenters. The number of aromatic nitrogens is 2.